The van der Waals surface area contributed by atoms with Gasteiger partial charge >= 0.3 is 0 Å². The Hall–Kier alpha value is -1.42. The lowest BCUT2D eigenvalue weighted by atomic mass is 10.1. The molecule has 0 aliphatic rings. The Kier molecular flexibility index (Phi) is 3.80. The average Bonchev–Trinajstić information content (AvgIpc) is 2.28. The van der Waals surface area contributed by atoms with E-state index in [1.165, 1.54) is 0 Å². The van der Waals surface area contributed by atoms with E-state index in [9.17, 15) is 5.11 Å². The lowest BCUT2D eigenvalue weighted by Gasteiger charge is -2.16. The van der Waals surface area contributed by atoms with Crippen LogP contribution >= 0.6 is 0 Å². The Morgan fingerprint density at radius 3 is 2.07 bits per heavy atom. The zero-order chi connectivity index (χ0) is 11.4. The van der Waals surface area contributed by atoms with Crippen LogP contribution in [0.2, 0.25) is 0 Å². The van der Waals surface area contributed by atoms with Gasteiger partial charge in [-0.05, 0) is 6.92 Å². The Balaban J connectivity index is 3.43. The summed E-state index contributed by atoms with van der Waals surface area (Å²) in [4.78, 5) is 0. The lowest BCUT2D eigenvalue weighted by molar-refractivity contribution is 0.263. The number of rotatable bonds is 4. The first-order valence-corrected chi connectivity index (χ1v) is 4.58. The molecule has 0 aromatic heterocycles. The molecular weight excluding hydrogens is 196 g/mol. The topological polar surface area (TPSA) is 47.9 Å². The summed E-state index contributed by atoms with van der Waals surface area (Å²) in [6.07, 6.45) is 0. The Labute approximate surface area is 89.4 Å². The molecule has 0 bridgehead atoms. The number of aliphatic hydroxyl groups is 1. The largest absolute Gasteiger partial charge is 0.496 e. The molecular formula is C11H16O4. The third kappa shape index (κ3) is 1.99. The molecule has 84 valence electrons. The van der Waals surface area contributed by atoms with E-state index < -0.39 is 0 Å². The fourth-order valence-corrected chi connectivity index (χ4v) is 1.58. The quantitative estimate of drug-likeness (QED) is 0.822. The smallest absolute Gasteiger partial charge is 0.134 e. The zero-order valence-corrected chi connectivity index (χ0v) is 9.46. The molecule has 4 nitrogen and oxygen atoms in total. The maximum absolute atomic E-state index is 9.25. The van der Waals surface area contributed by atoms with E-state index in [4.69, 9.17) is 14.2 Å². The second kappa shape index (κ2) is 4.89. The molecule has 1 N–H and O–H groups in total. The molecule has 1 aromatic carbocycles. The molecule has 0 radical (unpaired) electrons. The van der Waals surface area contributed by atoms with Crippen LogP contribution in [-0.4, -0.2) is 26.4 Å². The van der Waals surface area contributed by atoms with Gasteiger partial charge in [-0.2, -0.15) is 0 Å². The summed E-state index contributed by atoms with van der Waals surface area (Å²) in [5, 5.41) is 9.25. The van der Waals surface area contributed by atoms with Crippen LogP contribution in [0.15, 0.2) is 6.07 Å². The number of hydrogen-bond donors (Lipinski definition) is 1. The number of methoxy groups -OCH3 is 3. The first-order valence-electron chi connectivity index (χ1n) is 4.58. The minimum atomic E-state index is -0.128. The molecule has 0 amide bonds. The van der Waals surface area contributed by atoms with E-state index in [0.29, 0.717) is 22.8 Å². The molecule has 0 heterocycles. The van der Waals surface area contributed by atoms with Gasteiger partial charge in [-0.1, -0.05) is 0 Å². The molecule has 0 spiro atoms. The molecule has 0 aliphatic heterocycles. The Morgan fingerprint density at radius 2 is 1.67 bits per heavy atom. The molecule has 1 rings (SSSR count). The predicted octanol–water partition coefficient (Wildman–Crippen LogP) is 1.51. The van der Waals surface area contributed by atoms with Crippen LogP contribution in [0.3, 0.4) is 0 Å². The van der Waals surface area contributed by atoms with Crippen molar-refractivity contribution in [2.75, 3.05) is 21.3 Å². The van der Waals surface area contributed by atoms with Crippen molar-refractivity contribution >= 4 is 0 Å². The molecule has 0 saturated heterocycles. The first kappa shape index (κ1) is 11.7. The third-order valence-electron chi connectivity index (χ3n) is 2.35. The maximum atomic E-state index is 9.25. The van der Waals surface area contributed by atoms with Crippen molar-refractivity contribution in [3.05, 3.63) is 17.2 Å². The second-order valence-electron chi connectivity index (χ2n) is 3.08. The summed E-state index contributed by atoms with van der Waals surface area (Å²) < 4.78 is 15.6. The van der Waals surface area contributed by atoms with E-state index >= 15 is 0 Å². The van der Waals surface area contributed by atoms with Crippen molar-refractivity contribution in [1.29, 1.82) is 0 Å². The summed E-state index contributed by atoms with van der Waals surface area (Å²) in [5.41, 5.74) is 1.49. The number of aliphatic hydroxyl groups excluding tert-OH is 1. The summed E-state index contributed by atoms with van der Waals surface area (Å²) >= 11 is 0. The van der Waals surface area contributed by atoms with E-state index in [1.807, 2.05) is 6.92 Å². The number of benzene rings is 1. The van der Waals surface area contributed by atoms with Crippen LogP contribution in [0.4, 0.5) is 0 Å². The van der Waals surface area contributed by atoms with E-state index in [2.05, 4.69) is 0 Å². The average molecular weight is 212 g/mol. The highest BCUT2D eigenvalue weighted by atomic mass is 16.5. The van der Waals surface area contributed by atoms with Crippen LogP contribution < -0.4 is 14.2 Å². The van der Waals surface area contributed by atoms with Gasteiger partial charge in [0.25, 0.3) is 0 Å². The fourth-order valence-electron chi connectivity index (χ4n) is 1.58. The van der Waals surface area contributed by atoms with Crippen molar-refractivity contribution in [2.24, 2.45) is 0 Å². The standard InChI is InChI=1S/C11H16O4/c1-7-9(13-2)5-10(14-3)8(6-12)11(7)15-4/h5,12H,6H2,1-4H3. The number of hydrogen-bond acceptors (Lipinski definition) is 4. The number of ether oxygens (including phenoxy) is 3. The van der Waals surface area contributed by atoms with Crippen molar-refractivity contribution in [1.82, 2.24) is 0 Å². The second-order valence-corrected chi connectivity index (χ2v) is 3.08. The van der Waals surface area contributed by atoms with Crippen LogP contribution in [0.1, 0.15) is 11.1 Å². The van der Waals surface area contributed by atoms with Crippen LogP contribution in [0.25, 0.3) is 0 Å². The summed E-state index contributed by atoms with van der Waals surface area (Å²) in [5.74, 6) is 1.85. The fraction of sp³-hybridized carbons (Fsp3) is 0.455. The van der Waals surface area contributed by atoms with Gasteiger partial charge in [-0.25, -0.2) is 0 Å². The van der Waals surface area contributed by atoms with Crippen molar-refractivity contribution in [3.63, 3.8) is 0 Å². The predicted molar refractivity (Wildman–Crippen MR) is 56.8 cm³/mol. The minimum absolute atomic E-state index is 0.128. The van der Waals surface area contributed by atoms with Gasteiger partial charge in [0.05, 0.1) is 33.5 Å². The minimum Gasteiger partial charge on any atom is -0.496 e. The van der Waals surface area contributed by atoms with Crippen molar-refractivity contribution in [3.8, 4) is 17.2 Å². The third-order valence-corrected chi connectivity index (χ3v) is 2.35. The highest BCUT2D eigenvalue weighted by Crippen LogP contribution is 2.38. The summed E-state index contributed by atoms with van der Waals surface area (Å²) in [7, 11) is 4.68. The van der Waals surface area contributed by atoms with E-state index in [1.54, 1.807) is 27.4 Å². The SMILES string of the molecule is COc1cc(OC)c(CO)c(OC)c1C. The van der Waals surface area contributed by atoms with Crippen LogP contribution in [0, 0.1) is 6.92 Å². The highest BCUT2D eigenvalue weighted by Gasteiger charge is 2.16. The van der Waals surface area contributed by atoms with Gasteiger partial charge < -0.3 is 19.3 Å². The van der Waals surface area contributed by atoms with Crippen molar-refractivity contribution < 1.29 is 19.3 Å². The maximum Gasteiger partial charge on any atom is 0.134 e. The van der Waals surface area contributed by atoms with Crippen molar-refractivity contribution in [2.45, 2.75) is 13.5 Å². The molecule has 0 fully saturated rings. The molecule has 0 aliphatic carbocycles. The molecule has 0 unspecified atom stereocenters. The Bertz CT molecular complexity index is 347. The van der Waals surface area contributed by atoms with Gasteiger partial charge in [-0.15, -0.1) is 0 Å². The summed E-state index contributed by atoms with van der Waals surface area (Å²) in [6, 6.07) is 1.74. The van der Waals surface area contributed by atoms with Gasteiger partial charge in [-0.3, -0.25) is 0 Å². The molecule has 0 saturated carbocycles. The van der Waals surface area contributed by atoms with Crippen LogP contribution in [-0.2, 0) is 6.61 Å². The highest BCUT2D eigenvalue weighted by molar-refractivity contribution is 5.56. The monoisotopic (exact) mass is 212 g/mol. The zero-order valence-electron chi connectivity index (χ0n) is 9.46. The Morgan fingerprint density at radius 1 is 1.07 bits per heavy atom. The molecule has 4 heteroatoms. The molecule has 0 atom stereocenters. The first-order chi connectivity index (χ1) is 7.19. The van der Waals surface area contributed by atoms with E-state index in [-0.39, 0.29) is 6.61 Å². The van der Waals surface area contributed by atoms with Gasteiger partial charge in [0.15, 0.2) is 0 Å². The van der Waals surface area contributed by atoms with Gasteiger partial charge in [0.1, 0.15) is 17.2 Å². The molecule has 1 aromatic rings. The normalized spacial score (nSPS) is 9.93. The summed E-state index contributed by atoms with van der Waals surface area (Å²) in [6.45, 7) is 1.74. The molecule has 15 heavy (non-hydrogen) atoms. The van der Waals surface area contributed by atoms with Gasteiger partial charge in [0, 0.05) is 11.6 Å². The van der Waals surface area contributed by atoms with E-state index in [0.717, 1.165) is 5.56 Å². The van der Waals surface area contributed by atoms with Crippen LogP contribution in [0.5, 0.6) is 17.2 Å². The lowest BCUT2D eigenvalue weighted by Crippen LogP contribution is -2.01. The van der Waals surface area contributed by atoms with Gasteiger partial charge in [0.2, 0.25) is 0 Å².